The summed E-state index contributed by atoms with van der Waals surface area (Å²) in [5.41, 5.74) is 2.01. The molecular weight excluding hydrogens is 316 g/mol. The quantitative estimate of drug-likeness (QED) is 0.620. The summed E-state index contributed by atoms with van der Waals surface area (Å²) in [6.07, 6.45) is 1.64. The van der Waals surface area contributed by atoms with Gasteiger partial charge in [-0.05, 0) is 43.5 Å². The van der Waals surface area contributed by atoms with Crippen molar-refractivity contribution >= 4 is 17.3 Å². The van der Waals surface area contributed by atoms with Crippen LogP contribution < -0.4 is 10.6 Å². The van der Waals surface area contributed by atoms with Crippen LogP contribution in [-0.2, 0) is 4.79 Å². The lowest BCUT2D eigenvalue weighted by atomic mass is 9.92. The van der Waals surface area contributed by atoms with Gasteiger partial charge in [-0.15, -0.1) is 0 Å². The Balaban J connectivity index is 1.83. The Morgan fingerprint density at radius 1 is 0.840 bits per heavy atom. The highest BCUT2D eigenvalue weighted by molar-refractivity contribution is 6.04. The van der Waals surface area contributed by atoms with Gasteiger partial charge in [0.05, 0.1) is 11.1 Å². The molecule has 0 atom stereocenters. The van der Waals surface area contributed by atoms with E-state index >= 15 is 0 Å². The molecule has 1 aliphatic carbocycles. The van der Waals surface area contributed by atoms with Crippen LogP contribution in [0.25, 0.3) is 0 Å². The molecule has 0 fully saturated rings. The molecule has 0 unspecified atom stereocenters. The first kappa shape index (κ1) is 16.6. The predicted octanol–water partition coefficient (Wildman–Crippen LogP) is 4.50. The molecule has 1 aliphatic rings. The fraction of sp³-hybridized carbons (Fsp3) is 0.150. The van der Waals surface area contributed by atoms with Crippen LogP contribution in [0, 0.1) is 0 Å². The number of anilines is 2. The van der Waals surface area contributed by atoms with Crippen molar-refractivity contribution in [2.45, 2.75) is 19.3 Å². The predicted molar refractivity (Wildman–Crippen MR) is 98.3 cm³/mol. The molecule has 0 aromatic heterocycles. The highest BCUT2D eigenvalue weighted by Gasteiger charge is 2.25. The van der Waals surface area contributed by atoms with Gasteiger partial charge in [0.1, 0.15) is 5.76 Å². The molecule has 5 nitrogen and oxygen atoms in total. The van der Waals surface area contributed by atoms with Gasteiger partial charge in [0.15, 0.2) is 5.88 Å². The number of nitrogens with one attached hydrogen (secondary N) is 2. The van der Waals surface area contributed by atoms with Crippen molar-refractivity contribution < 1.29 is 15.0 Å². The first-order valence-corrected chi connectivity index (χ1v) is 8.18. The molecule has 0 saturated heterocycles. The van der Waals surface area contributed by atoms with Crippen LogP contribution in [0.2, 0.25) is 0 Å². The average Bonchev–Trinajstić information content (AvgIpc) is 2.63. The summed E-state index contributed by atoms with van der Waals surface area (Å²) < 4.78 is 0. The highest BCUT2D eigenvalue weighted by Crippen LogP contribution is 2.30. The van der Waals surface area contributed by atoms with Gasteiger partial charge in [-0.3, -0.25) is 4.79 Å². The van der Waals surface area contributed by atoms with Gasteiger partial charge in [0.25, 0.3) is 5.91 Å². The highest BCUT2D eigenvalue weighted by atomic mass is 16.3. The fourth-order valence-corrected chi connectivity index (χ4v) is 2.77. The number of hydrogen-bond donors (Lipinski definition) is 4. The minimum Gasteiger partial charge on any atom is -0.507 e. The van der Waals surface area contributed by atoms with Crippen LogP contribution in [0.5, 0.6) is 0 Å². The second-order valence-electron chi connectivity index (χ2n) is 5.82. The number of amides is 1. The second kappa shape index (κ2) is 7.57. The van der Waals surface area contributed by atoms with Crippen LogP contribution in [0.15, 0.2) is 83.5 Å². The first-order valence-electron chi connectivity index (χ1n) is 8.18. The SMILES string of the molecule is O=C(Nc1ccccc1)C1=C(O)/C(=C(/O)Nc2ccccc2)CCC1. The molecule has 0 bridgehead atoms. The van der Waals surface area contributed by atoms with Crippen LogP contribution in [0.3, 0.4) is 0 Å². The minimum atomic E-state index is -0.353. The number of benzene rings is 2. The van der Waals surface area contributed by atoms with Gasteiger partial charge in [-0.25, -0.2) is 0 Å². The monoisotopic (exact) mass is 336 g/mol. The van der Waals surface area contributed by atoms with Gasteiger partial charge in [-0.1, -0.05) is 36.4 Å². The molecule has 128 valence electrons. The van der Waals surface area contributed by atoms with Crippen molar-refractivity contribution in [3.8, 4) is 0 Å². The van der Waals surface area contributed by atoms with Gasteiger partial charge in [0, 0.05) is 11.4 Å². The van der Waals surface area contributed by atoms with Crippen molar-refractivity contribution in [1.82, 2.24) is 0 Å². The van der Waals surface area contributed by atoms with E-state index in [-0.39, 0.29) is 23.1 Å². The molecule has 0 spiro atoms. The Morgan fingerprint density at radius 2 is 1.40 bits per heavy atom. The van der Waals surface area contributed by atoms with Crippen molar-refractivity contribution in [3.05, 3.63) is 83.5 Å². The van der Waals surface area contributed by atoms with Gasteiger partial charge >= 0.3 is 0 Å². The van der Waals surface area contributed by atoms with Crippen molar-refractivity contribution in [3.63, 3.8) is 0 Å². The molecule has 1 amide bonds. The summed E-state index contributed by atoms with van der Waals surface area (Å²) >= 11 is 0. The summed E-state index contributed by atoms with van der Waals surface area (Å²) in [4.78, 5) is 12.5. The molecule has 0 saturated carbocycles. The zero-order chi connectivity index (χ0) is 17.6. The van der Waals surface area contributed by atoms with E-state index in [2.05, 4.69) is 10.6 Å². The second-order valence-corrected chi connectivity index (χ2v) is 5.82. The van der Waals surface area contributed by atoms with E-state index in [4.69, 9.17) is 0 Å². The number of rotatable bonds is 4. The standard InChI is InChI=1S/C20H20N2O3/c23-18-16(19(24)21-14-8-3-1-4-9-14)12-7-13-17(18)20(25)22-15-10-5-2-6-11-15/h1-6,8-11,21,23-24H,7,12-13H2,(H,22,25)/b19-16+. The fourth-order valence-electron chi connectivity index (χ4n) is 2.77. The van der Waals surface area contributed by atoms with E-state index in [0.717, 1.165) is 0 Å². The largest absolute Gasteiger partial charge is 0.507 e. The normalized spacial score (nSPS) is 16.3. The van der Waals surface area contributed by atoms with Gasteiger partial charge in [0.2, 0.25) is 0 Å². The van der Waals surface area contributed by atoms with Gasteiger partial charge < -0.3 is 20.8 Å². The third-order valence-electron chi connectivity index (χ3n) is 4.05. The number of allylic oxidation sites excluding steroid dienone is 1. The summed E-state index contributed by atoms with van der Waals surface area (Å²) in [5.74, 6) is -0.637. The van der Waals surface area contributed by atoms with E-state index in [1.165, 1.54) is 0 Å². The minimum absolute atomic E-state index is 0.131. The topological polar surface area (TPSA) is 81.6 Å². The maximum atomic E-state index is 12.5. The molecule has 3 rings (SSSR count). The molecule has 2 aromatic rings. The molecular formula is C20H20N2O3. The van der Waals surface area contributed by atoms with Crippen LogP contribution in [0.1, 0.15) is 19.3 Å². The van der Waals surface area contributed by atoms with Crippen LogP contribution in [0.4, 0.5) is 11.4 Å². The molecule has 0 heterocycles. The molecule has 25 heavy (non-hydrogen) atoms. The summed E-state index contributed by atoms with van der Waals surface area (Å²) in [7, 11) is 0. The lowest BCUT2D eigenvalue weighted by Crippen LogP contribution is -2.20. The Morgan fingerprint density at radius 3 is 2.00 bits per heavy atom. The molecule has 5 heteroatoms. The van der Waals surface area contributed by atoms with Crippen molar-refractivity contribution in [2.75, 3.05) is 10.6 Å². The lowest BCUT2D eigenvalue weighted by Gasteiger charge is -2.20. The number of carbonyl (C=O) groups is 1. The summed E-state index contributed by atoms with van der Waals surface area (Å²) in [6, 6.07) is 18.3. The Labute approximate surface area is 146 Å². The zero-order valence-electron chi connectivity index (χ0n) is 13.7. The molecule has 0 radical (unpaired) electrons. The Bertz CT molecular complexity index is 811. The molecule has 2 aromatic carbocycles. The number of aliphatic hydroxyl groups excluding tert-OH is 2. The van der Waals surface area contributed by atoms with Crippen molar-refractivity contribution in [1.29, 1.82) is 0 Å². The Kier molecular flexibility index (Phi) is 5.04. The van der Waals surface area contributed by atoms with Crippen LogP contribution >= 0.6 is 0 Å². The number of para-hydroxylation sites is 2. The zero-order valence-corrected chi connectivity index (χ0v) is 13.7. The molecule has 0 aliphatic heterocycles. The maximum absolute atomic E-state index is 12.5. The van der Waals surface area contributed by atoms with E-state index in [1.54, 1.807) is 12.1 Å². The van der Waals surface area contributed by atoms with E-state index < -0.39 is 0 Å². The maximum Gasteiger partial charge on any atom is 0.255 e. The van der Waals surface area contributed by atoms with Gasteiger partial charge in [-0.2, -0.15) is 0 Å². The van der Waals surface area contributed by atoms with E-state index in [9.17, 15) is 15.0 Å². The van der Waals surface area contributed by atoms with Crippen molar-refractivity contribution in [2.24, 2.45) is 0 Å². The number of aliphatic hydroxyl groups is 2. The Hall–Kier alpha value is -3.21. The third-order valence-corrected chi connectivity index (χ3v) is 4.05. The number of carbonyl (C=O) groups excluding carboxylic acids is 1. The average molecular weight is 336 g/mol. The number of hydrogen-bond acceptors (Lipinski definition) is 4. The van der Waals surface area contributed by atoms with E-state index in [1.807, 2.05) is 48.5 Å². The first-order chi connectivity index (χ1) is 12.1. The molecule has 4 N–H and O–H groups in total. The summed E-state index contributed by atoms with van der Waals surface area (Å²) in [6.45, 7) is 0. The summed E-state index contributed by atoms with van der Waals surface area (Å²) in [5, 5.41) is 26.4. The smallest absolute Gasteiger partial charge is 0.255 e. The van der Waals surface area contributed by atoms with Crippen LogP contribution in [-0.4, -0.2) is 16.1 Å². The lowest BCUT2D eigenvalue weighted by molar-refractivity contribution is -0.113. The van der Waals surface area contributed by atoms with E-state index in [0.29, 0.717) is 36.2 Å². The third kappa shape index (κ3) is 4.01.